The third-order valence-corrected chi connectivity index (χ3v) is 8.06. The van der Waals surface area contributed by atoms with Crippen molar-refractivity contribution in [1.82, 2.24) is 14.5 Å². The predicted molar refractivity (Wildman–Crippen MR) is 145 cm³/mol. The summed E-state index contributed by atoms with van der Waals surface area (Å²) in [5.41, 5.74) is 2.10. The lowest BCUT2D eigenvalue weighted by molar-refractivity contribution is -0.402. The van der Waals surface area contributed by atoms with Gasteiger partial charge >= 0.3 is 11.9 Å². The number of amides is 2. The lowest BCUT2D eigenvalue weighted by atomic mass is 9.80. The van der Waals surface area contributed by atoms with E-state index in [1.807, 2.05) is 60.7 Å². The van der Waals surface area contributed by atoms with E-state index in [1.165, 1.54) is 34.2 Å². The minimum Gasteiger partial charge on any atom is -0.401 e. The van der Waals surface area contributed by atoms with Gasteiger partial charge in [0.15, 0.2) is 0 Å². The average molecular weight is 543 g/mol. The summed E-state index contributed by atoms with van der Waals surface area (Å²) < 4.78 is 6.89. The second-order valence-corrected chi connectivity index (χ2v) is 10.1. The van der Waals surface area contributed by atoms with Crippen molar-refractivity contribution >= 4 is 35.4 Å². The van der Waals surface area contributed by atoms with Crippen molar-refractivity contribution in [2.24, 2.45) is 4.99 Å². The molecule has 2 aromatic carbocycles. The van der Waals surface area contributed by atoms with E-state index in [9.17, 15) is 19.7 Å². The molecule has 2 atom stereocenters. The second-order valence-electron chi connectivity index (χ2n) is 9.09. The molecular formula is C27H22N6O5S. The highest BCUT2D eigenvalue weighted by atomic mass is 32.1. The van der Waals surface area contributed by atoms with Crippen LogP contribution in [0.2, 0.25) is 0 Å². The summed E-state index contributed by atoms with van der Waals surface area (Å²) in [5, 5.41) is 10.9. The second kappa shape index (κ2) is 8.81. The van der Waals surface area contributed by atoms with E-state index in [2.05, 4.69) is 5.43 Å². The van der Waals surface area contributed by atoms with E-state index in [-0.39, 0.29) is 23.2 Å². The minimum absolute atomic E-state index is 0.260. The van der Waals surface area contributed by atoms with Crippen molar-refractivity contribution in [3.63, 3.8) is 0 Å². The fraction of sp³-hybridized carbons (Fsp3) is 0.148. The molecule has 6 rings (SSSR count). The maximum absolute atomic E-state index is 13.6. The number of nitrogens with one attached hydrogen (secondary N) is 1. The zero-order valence-corrected chi connectivity index (χ0v) is 21.7. The van der Waals surface area contributed by atoms with Crippen molar-refractivity contribution in [1.29, 1.82) is 0 Å². The molecule has 2 aliphatic rings. The fourth-order valence-electron chi connectivity index (χ4n) is 5.29. The zero-order chi connectivity index (χ0) is 27.4. The third-order valence-electron chi connectivity index (χ3n) is 7.07. The molecule has 1 N–H and O–H groups in total. The number of thiazole rings is 1. The number of nitro groups is 1. The van der Waals surface area contributed by atoms with Crippen LogP contribution in [0.1, 0.15) is 16.9 Å². The first-order valence-electron chi connectivity index (χ1n) is 11.9. The molecule has 2 aromatic heterocycles. The highest BCUT2D eigenvalue weighted by molar-refractivity contribution is 7.07. The minimum atomic E-state index is -1.25. The van der Waals surface area contributed by atoms with Gasteiger partial charge in [-0.2, -0.15) is 4.68 Å². The van der Waals surface area contributed by atoms with E-state index in [4.69, 9.17) is 9.41 Å². The molecule has 12 heteroatoms. The van der Waals surface area contributed by atoms with Crippen LogP contribution in [-0.2, 0) is 11.3 Å². The van der Waals surface area contributed by atoms with Crippen molar-refractivity contribution in [3.05, 3.63) is 126 Å². The summed E-state index contributed by atoms with van der Waals surface area (Å²) in [5.74, 6) is -0.0828. The van der Waals surface area contributed by atoms with Gasteiger partial charge in [-0.25, -0.2) is 9.79 Å². The quantitative estimate of drug-likeness (QED) is 0.305. The van der Waals surface area contributed by atoms with Crippen molar-refractivity contribution < 1.29 is 14.1 Å². The summed E-state index contributed by atoms with van der Waals surface area (Å²) in [4.78, 5) is 46.1. The Balaban J connectivity index is 1.57. The lowest BCUT2D eigenvalue weighted by Crippen LogP contribution is -2.67. The van der Waals surface area contributed by atoms with Gasteiger partial charge in [0, 0.05) is 25.2 Å². The first kappa shape index (κ1) is 24.4. The van der Waals surface area contributed by atoms with Crippen LogP contribution in [0.25, 0.3) is 12.2 Å². The summed E-state index contributed by atoms with van der Waals surface area (Å²) >= 11 is 1.17. The molecule has 0 saturated carbocycles. The largest absolute Gasteiger partial charge is 0.433 e. The summed E-state index contributed by atoms with van der Waals surface area (Å²) in [6, 6.07) is 21.5. The maximum atomic E-state index is 13.6. The standard InChI is InChI=1S/C27H22N6O5S/c1-30-25(35)31(2)27(19-12-7-4-8-13-19)26(30,18-10-5-3-6-11-18)28-24-32(29-27)23(34)21(39-24)15-9-14-20-16-17-22(38-20)33(36)37/h3-17,29H,1-2H3/b14-9-,21-15-. The Morgan fingerprint density at radius 1 is 0.974 bits per heavy atom. The number of carbonyl (C=O) groups excluding carboxylic acids is 1. The monoisotopic (exact) mass is 542 g/mol. The Kier molecular flexibility index (Phi) is 5.50. The Labute approximate surface area is 225 Å². The number of carbonyl (C=O) groups is 1. The van der Waals surface area contributed by atoms with Gasteiger partial charge in [-0.3, -0.25) is 30.1 Å². The molecule has 4 heterocycles. The SMILES string of the molecule is CN1C(=O)N(C)C2(c3ccccc3)Nn3c(s/c(=C\C=C/c4ccc([N+](=O)[O-])o4)c3=O)=NC12c1ccccc1. The van der Waals surface area contributed by atoms with Crippen LogP contribution in [0.4, 0.5) is 10.7 Å². The molecule has 11 nitrogen and oxygen atoms in total. The van der Waals surface area contributed by atoms with E-state index >= 15 is 0 Å². The number of benzene rings is 2. The Hall–Kier alpha value is -4.97. The zero-order valence-electron chi connectivity index (χ0n) is 20.8. The van der Waals surface area contributed by atoms with Crippen LogP contribution < -0.4 is 20.3 Å². The molecule has 0 bridgehead atoms. The molecule has 2 amide bonds. The van der Waals surface area contributed by atoms with Gasteiger partial charge in [0.1, 0.15) is 10.7 Å². The number of hydrogen-bond acceptors (Lipinski definition) is 8. The number of furan rings is 1. The number of allylic oxidation sites excluding steroid dienone is 1. The Morgan fingerprint density at radius 3 is 2.28 bits per heavy atom. The third kappa shape index (κ3) is 3.38. The number of aromatic nitrogens is 1. The van der Waals surface area contributed by atoms with Crippen molar-refractivity contribution in [2.75, 3.05) is 19.5 Å². The topological polar surface area (TPSA) is 126 Å². The Morgan fingerprint density at radius 2 is 1.64 bits per heavy atom. The van der Waals surface area contributed by atoms with Crippen LogP contribution >= 0.6 is 11.3 Å². The van der Waals surface area contributed by atoms with Crippen molar-refractivity contribution in [2.45, 2.75) is 11.3 Å². The van der Waals surface area contributed by atoms with Gasteiger partial charge in [0.2, 0.25) is 16.1 Å². The van der Waals surface area contributed by atoms with Crippen LogP contribution in [0.5, 0.6) is 0 Å². The number of rotatable bonds is 5. The van der Waals surface area contributed by atoms with Gasteiger partial charge in [-0.1, -0.05) is 78.1 Å². The van der Waals surface area contributed by atoms with Crippen molar-refractivity contribution in [3.8, 4) is 0 Å². The first-order chi connectivity index (χ1) is 18.8. The summed E-state index contributed by atoms with van der Waals surface area (Å²) in [6.07, 6.45) is 4.72. The maximum Gasteiger partial charge on any atom is 0.433 e. The van der Waals surface area contributed by atoms with Crippen LogP contribution in [0.3, 0.4) is 0 Å². The van der Waals surface area contributed by atoms with Gasteiger partial charge in [-0.05, 0) is 18.2 Å². The van der Waals surface area contributed by atoms with Crippen LogP contribution in [0.15, 0.2) is 93.1 Å². The van der Waals surface area contributed by atoms with Crippen LogP contribution in [0, 0.1) is 10.1 Å². The van der Waals surface area contributed by atoms with E-state index in [0.717, 1.165) is 11.1 Å². The molecule has 39 heavy (non-hydrogen) atoms. The number of hydrogen-bond donors (Lipinski definition) is 1. The van der Waals surface area contributed by atoms with Crippen LogP contribution in [-0.4, -0.2) is 39.5 Å². The van der Waals surface area contributed by atoms with Gasteiger partial charge in [0.05, 0.1) is 10.6 Å². The highest BCUT2D eigenvalue weighted by Gasteiger charge is 2.69. The Bertz CT molecular complexity index is 1810. The summed E-state index contributed by atoms with van der Waals surface area (Å²) in [7, 11) is 3.40. The number of nitrogens with zero attached hydrogens (tertiary/aromatic N) is 5. The molecule has 196 valence electrons. The van der Waals surface area contributed by atoms with E-state index in [1.54, 1.807) is 36.0 Å². The molecule has 0 radical (unpaired) electrons. The summed E-state index contributed by atoms with van der Waals surface area (Å²) in [6.45, 7) is 0. The number of urea groups is 1. The van der Waals surface area contributed by atoms with Gasteiger partial charge in [-0.15, -0.1) is 0 Å². The molecular weight excluding hydrogens is 520 g/mol. The van der Waals surface area contributed by atoms with E-state index < -0.39 is 16.2 Å². The average Bonchev–Trinajstić information content (AvgIpc) is 3.60. The fourth-order valence-corrected chi connectivity index (χ4v) is 6.21. The molecule has 0 aliphatic carbocycles. The van der Waals surface area contributed by atoms with E-state index in [0.29, 0.717) is 9.33 Å². The highest BCUT2D eigenvalue weighted by Crippen LogP contribution is 2.53. The molecule has 2 unspecified atom stereocenters. The molecule has 2 aliphatic heterocycles. The molecule has 1 fully saturated rings. The normalized spacial score (nSPS) is 22.5. The van der Waals surface area contributed by atoms with Gasteiger partial charge in [0.25, 0.3) is 5.56 Å². The first-order valence-corrected chi connectivity index (χ1v) is 12.8. The van der Waals surface area contributed by atoms with Gasteiger partial charge < -0.3 is 4.42 Å². The predicted octanol–water partition coefficient (Wildman–Crippen LogP) is 2.78. The molecule has 4 aromatic rings. The molecule has 0 spiro atoms. The molecule has 1 saturated heterocycles. The smallest absolute Gasteiger partial charge is 0.401 e. The lowest BCUT2D eigenvalue weighted by Gasteiger charge is -2.49. The number of likely N-dealkylation sites (N-methyl/N-ethyl adjacent to an activating group) is 2. The number of fused-ring (bicyclic) bond motifs is 2.